The van der Waals surface area contributed by atoms with Crippen molar-refractivity contribution in [3.8, 4) is 0 Å². The minimum absolute atomic E-state index is 0.250. The lowest BCUT2D eigenvalue weighted by molar-refractivity contribution is 0.251. The second-order valence-electron chi connectivity index (χ2n) is 5.82. The quantitative estimate of drug-likeness (QED) is 0.910. The molecule has 2 amide bonds. The van der Waals surface area contributed by atoms with Crippen molar-refractivity contribution in [2.24, 2.45) is 0 Å². The highest BCUT2D eigenvalue weighted by Gasteiger charge is 2.07. The predicted molar refractivity (Wildman–Crippen MR) is 92.9 cm³/mol. The van der Waals surface area contributed by atoms with Crippen LogP contribution in [0.1, 0.15) is 22.5 Å². The molecule has 1 aromatic heterocycles. The first kappa shape index (κ1) is 16.7. The minimum atomic E-state index is -0.250. The molecule has 0 fully saturated rings. The van der Waals surface area contributed by atoms with Crippen LogP contribution >= 0.6 is 0 Å². The SMILES string of the molecule is Cc1ccc(NC(=O)NCc2cc(C)nc(N(C)C)n2)c(C)c1. The van der Waals surface area contributed by atoms with Crippen molar-refractivity contribution < 1.29 is 4.79 Å². The zero-order valence-electron chi connectivity index (χ0n) is 14.3. The Morgan fingerprint density at radius 2 is 1.87 bits per heavy atom. The fourth-order valence-electron chi connectivity index (χ4n) is 2.20. The van der Waals surface area contributed by atoms with E-state index in [1.807, 2.05) is 64.0 Å². The first-order chi connectivity index (χ1) is 10.8. The average Bonchev–Trinajstić information content (AvgIpc) is 2.47. The standard InChI is InChI=1S/C17H23N5O/c1-11-6-7-15(12(2)8-11)21-17(23)18-10-14-9-13(3)19-16(20-14)22(4)5/h6-9H,10H2,1-5H3,(H2,18,21,23). The zero-order valence-corrected chi connectivity index (χ0v) is 14.3. The van der Waals surface area contributed by atoms with Crippen LogP contribution in [0.3, 0.4) is 0 Å². The number of hydrogen-bond donors (Lipinski definition) is 2. The van der Waals surface area contributed by atoms with Gasteiger partial charge in [-0.3, -0.25) is 0 Å². The van der Waals surface area contributed by atoms with Crippen LogP contribution in [0.4, 0.5) is 16.4 Å². The molecule has 0 spiro atoms. The lowest BCUT2D eigenvalue weighted by Gasteiger charge is -2.13. The maximum absolute atomic E-state index is 12.1. The Morgan fingerprint density at radius 3 is 2.52 bits per heavy atom. The first-order valence-corrected chi connectivity index (χ1v) is 7.49. The molecule has 0 aliphatic rings. The van der Waals surface area contributed by atoms with Crippen molar-refractivity contribution in [3.05, 3.63) is 46.8 Å². The van der Waals surface area contributed by atoms with Crippen LogP contribution in [0.2, 0.25) is 0 Å². The van der Waals surface area contributed by atoms with E-state index in [0.717, 1.165) is 22.6 Å². The topological polar surface area (TPSA) is 70.2 Å². The molecule has 2 aromatic rings. The van der Waals surface area contributed by atoms with Gasteiger partial charge in [-0.15, -0.1) is 0 Å². The highest BCUT2D eigenvalue weighted by atomic mass is 16.2. The molecule has 0 saturated carbocycles. The summed E-state index contributed by atoms with van der Waals surface area (Å²) in [6, 6.07) is 7.53. The number of amides is 2. The van der Waals surface area contributed by atoms with Crippen molar-refractivity contribution in [2.45, 2.75) is 27.3 Å². The van der Waals surface area contributed by atoms with E-state index in [9.17, 15) is 4.79 Å². The second-order valence-corrected chi connectivity index (χ2v) is 5.82. The minimum Gasteiger partial charge on any atom is -0.347 e. The summed E-state index contributed by atoms with van der Waals surface area (Å²) in [5.41, 5.74) is 4.65. The van der Waals surface area contributed by atoms with Gasteiger partial charge in [-0.2, -0.15) is 0 Å². The molecule has 122 valence electrons. The summed E-state index contributed by atoms with van der Waals surface area (Å²) < 4.78 is 0. The number of anilines is 2. The molecule has 0 aliphatic heterocycles. The summed E-state index contributed by atoms with van der Waals surface area (Å²) in [4.78, 5) is 22.6. The molecule has 6 nitrogen and oxygen atoms in total. The summed E-state index contributed by atoms with van der Waals surface area (Å²) in [6.45, 7) is 6.26. The Balaban J connectivity index is 1.99. The number of rotatable bonds is 4. The normalized spacial score (nSPS) is 10.3. The van der Waals surface area contributed by atoms with Gasteiger partial charge in [-0.1, -0.05) is 17.7 Å². The molecule has 1 aromatic carbocycles. The largest absolute Gasteiger partial charge is 0.347 e. The lowest BCUT2D eigenvalue weighted by Crippen LogP contribution is -2.29. The third kappa shape index (κ3) is 4.67. The Kier molecular flexibility index (Phi) is 5.16. The molecule has 0 radical (unpaired) electrons. The molecule has 2 rings (SSSR count). The zero-order chi connectivity index (χ0) is 17.0. The van der Waals surface area contributed by atoms with Crippen molar-refractivity contribution >= 4 is 17.7 Å². The highest BCUT2D eigenvalue weighted by Crippen LogP contribution is 2.15. The number of aryl methyl sites for hydroxylation is 3. The van der Waals surface area contributed by atoms with Crippen LogP contribution in [-0.4, -0.2) is 30.1 Å². The summed E-state index contributed by atoms with van der Waals surface area (Å²) >= 11 is 0. The Bertz CT molecular complexity index is 712. The molecular weight excluding hydrogens is 290 g/mol. The molecule has 0 unspecified atom stereocenters. The highest BCUT2D eigenvalue weighted by molar-refractivity contribution is 5.90. The van der Waals surface area contributed by atoms with Crippen molar-refractivity contribution in [2.75, 3.05) is 24.3 Å². The Hall–Kier alpha value is -2.63. The van der Waals surface area contributed by atoms with Gasteiger partial charge in [-0.05, 0) is 38.5 Å². The van der Waals surface area contributed by atoms with E-state index in [0.29, 0.717) is 12.5 Å². The molecule has 0 bridgehead atoms. The van der Waals surface area contributed by atoms with E-state index in [-0.39, 0.29) is 6.03 Å². The van der Waals surface area contributed by atoms with Crippen molar-refractivity contribution in [3.63, 3.8) is 0 Å². The number of aromatic nitrogens is 2. The third-order valence-corrected chi connectivity index (χ3v) is 3.36. The average molecular weight is 313 g/mol. The maximum atomic E-state index is 12.1. The van der Waals surface area contributed by atoms with Crippen molar-refractivity contribution in [1.29, 1.82) is 0 Å². The number of urea groups is 1. The van der Waals surface area contributed by atoms with Gasteiger partial charge in [0.1, 0.15) is 0 Å². The van der Waals surface area contributed by atoms with Crippen LogP contribution in [0.25, 0.3) is 0 Å². The summed E-state index contributed by atoms with van der Waals surface area (Å²) in [6.07, 6.45) is 0. The van der Waals surface area contributed by atoms with Gasteiger partial charge in [0.05, 0.1) is 12.2 Å². The molecule has 0 atom stereocenters. The van der Waals surface area contributed by atoms with E-state index in [2.05, 4.69) is 20.6 Å². The monoisotopic (exact) mass is 313 g/mol. The lowest BCUT2D eigenvalue weighted by atomic mass is 10.1. The van der Waals surface area contributed by atoms with Crippen LogP contribution in [-0.2, 0) is 6.54 Å². The number of nitrogens with zero attached hydrogens (tertiary/aromatic N) is 3. The molecule has 23 heavy (non-hydrogen) atoms. The fraction of sp³-hybridized carbons (Fsp3) is 0.353. The van der Waals surface area contributed by atoms with Gasteiger partial charge < -0.3 is 15.5 Å². The smallest absolute Gasteiger partial charge is 0.319 e. The van der Waals surface area contributed by atoms with Gasteiger partial charge in [-0.25, -0.2) is 14.8 Å². The van der Waals surface area contributed by atoms with Gasteiger partial charge in [0.25, 0.3) is 0 Å². The van der Waals surface area contributed by atoms with E-state index >= 15 is 0 Å². The summed E-state index contributed by atoms with van der Waals surface area (Å²) in [5, 5.41) is 5.68. The number of nitrogens with one attached hydrogen (secondary N) is 2. The molecule has 0 aliphatic carbocycles. The molecular formula is C17H23N5O. The third-order valence-electron chi connectivity index (χ3n) is 3.36. The van der Waals surface area contributed by atoms with Crippen LogP contribution in [0.15, 0.2) is 24.3 Å². The summed E-state index contributed by atoms with van der Waals surface area (Å²) in [5.74, 6) is 0.636. The van der Waals surface area contributed by atoms with E-state index in [4.69, 9.17) is 0 Å². The van der Waals surface area contributed by atoms with Crippen LogP contribution in [0.5, 0.6) is 0 Å². The van der Waals surface area contributed by atoms with Crippen LogP contribution < -0.4 is 15.5 Å². The van der Waals surface area contributed by atoms with Gasteiger partial charge in [0, 0.05) is 25.5 Å². The second kappa shape index (κ2) is 7.09. The van der Waals surface area contributed by atoms with E-state index in [1.165, 1.54) is 5.56 Å². The Morgan fingerprint density at radius 1 is 1.13 bits per heavy atom. The number of hydrogen-bond acceptors (Lipinski definition) is 4. The van der Waals surface area contributed by atoms with Gasteiger partial charge in [0.15, 0.2) is 0 Å². The maximum Gasteiger partial charge on any atom is 0.319 e. The molecule has 0 saturated heterocycles. The molecule has 6 heteroatoms. The summed E-state index contributed by atoms with van der Waals surface area (Å²) in [7, 11) is 3.78. The predicted octanol–water partition coefficient (Wildman–Crippen LogP) is 2.79. The number of carbonyl (C=O) groups is 1. The van der Waals surface area contributed by atoms with Gasteiger partial charge in [0.2, 0.25) is 5.95 Å². The Labute approximate surface area is 137 Å². The number of carbonyl (C=O) groups excluding carboxylic acids is 1. The molecule has 1 heterocycles. The van der Waals surface area contributed by atoms with Crippen molar-refractivity contribution in [1.82, 2.24) is 15.3 Å². The van der Waals surface area contributed by atoms with E-state index < -0.39 is 0 Å². The number of benzene rings is 1. The molecule has 2 N–H and O–H groups in total. The first-order valence-electron chi connectivity index (χ1n) is 7.49. The van der Waals surface area contributed by atoms with Gasteiger partial charge >= 0.3 is 6.03 Å². The van der Waals surface area contributed by atoms with E-state index in [1.54, 1.807) is 0 Å². The fourth-order valence-corrected chi connectivity index (χ4v) is 2.20. The van der Waals surface area contributed by atoms with Crippen LogP contribution in [0, 0.1) is 20.8 Å².